The summed E-state index contributed by atoms with van der Waals surface area (Å²) >= 11 is 0. The summed E-state index contributed by atoms with van der Waals surface area (Å²) in [5.41, 5.74) is -1.58. The van der Waals surface area contributed by atoms with Gasteiger partial charge in [-0.05, 0) is 12.5 Å². The standard InChI is InChI=1S/C9H10FNO3S/c10-8-5-11-3-1-7(8)9(12)2-4-15(13,14)6-9/h1,3,5,12H,2,4,6H2. The highest BCUT2D eigenvalue weighted by atomic mass is 32.2. The first kappa shape index (κ1) is 10.5. The number of sulfone groups is 1. The van der Waals surface area contributed by atoms with Gasteiger partial charge in [-0.3, -0.25) is 4.98 Å². The van der Waals surface area contributed by atoms with Crippen LogP contribution in [0.15, 0.2) is 18.5 Å². The quantitative estimate of drug-likeness (QED) is 0.751. The minimum Gasteiger partial charge on any atom is -0.384 e. The first-order valence-electron chi connectivity index (χ1n) is 4.46. The second kappa shape index (κ2) is 3.24. The number of halogens is 1. The fourth-order valence-corrected chi connectivity index (χ4v) is 3.62. The fraction of sp³-hybridized carbons (Fsp3) is 0.444. The van der Waals surface area contributed by atoms with Crippen molar-refractivity contribution in [3.8, 4) is 0 Å². The lowest BCUT2D eigenvalue weighted by Crippen LogP contribution is -2.28. The van der Waals surface area contributed by atoms with Gasteiger partial charge in [0.05, 0.1) is 17.7 Å². The molecule has 6 heteroatoms. The van der Waals surface area contributed by atoms with Gasteiger partial charge in [0.2, 0.25) is 0 Å². The molecule has 1 unspecified atom stereocenters. The maximum Gasteiger partial charge on any atom is 0.153 e. The lowest BCUT2D eigenvalue weighted by atomic mass is 9.94. The zero-order chi connectivity index (χ0) is 11.1. The van der Waals surface area contributed by atoms with Crippen LogP contribution >= 0.6 is 0 Å². The van der Waals surface area contributed by atoms with Gasteiger partial charge in [-0.2, -0.15) is 0 Å². The highest BCUT2D eigenvalue weighted by Gasteiger charge is 2.43. The summed E-state index contributed by atoms with van der Waals surface area (Å²) in [4.78, 5) is 3.55. The average Bonchev–Trinajstić information content (AvgIpc) is 2.42. The van der Waals surface area contributed by atoms with Crippen LogP contribution in [0.5, 0.6) is 0 Å². The van der Waals surface area contributed by atoms with E-state index < -0.39 is 27.0 Å². The number of aromatic nitrogens is 1. The molecular weight excluding hydrogens is 221 g/mol. The number of nitrogens with zero attached hydrogens (tertiary/aromatic N) is 1. The van der Waals surface area contributed by atoms with Crippen molar-refractivity contribution < 1.29 is 17.9 Å². The Morgan fingerprint density at radius 1 is 1.53 bits per heavy atom. The molecule has 0 radical (unpaired) electrons. The number of pyridine rings is 1. The molecule has 0 amide bonds. The van der Waals surface area contributed by atoms with Crippen LogP contribution < -0.4 is 0 Å². The molecule has 82 valence electrons. The van der Waals surface area contributed by atoms with E-state index in [-0.39, 0.29) is 17.7 Å². The van der Waals surface area contributed by atoms with E-state index in [1.54, 1.807) is 0 Å². The predicted octanol–water partition coefficient (Wildman–Crippen LogP) is 0.227. The van der Waals surface area contributed by atoms with E-state index in [2.05, 4.69) is 4.98 Å². The van der Waals surface area contributed by atoms with E-state index in [0.29, 0.717) is 0 Å². The Labute approximate surface area is 86.7 Å². The molecule has 0 aliphatic carbocycles. The van der Waals surface area contributed by atoms with Crippen molar-refractivity contribution in [2.24, 2.45) is 0 Å². The van der Waals surface area contributed by atoms with Crippen LogP contribution in [0.25, 0.3) is 0 Å². The van der Waals surface area contributed by atoms with E-state index in [1.165, 1.54) is 12.3 Å². The SMILES string of the molecule is O=S1(=O)CCC(O)(c2ccncc2F)C1. The molecule has 0 saturated carbocycles. The predicted molar refractivity (Wildman–Crippen MR) is 51.4 cm³/mol. The lowest BCUT2D eigenvalue weighted by molar-refractivity contribution is 0.0612. The molecule has 1 aromatic rings. The second-order valence-corrected chi connectivity index (χ2v) is 5.91. The Morgan fingerprint density at radius 3 is 2.80 bits per heavy atom. The summed E-state index contributed by atoms with van der Waals surface area (Å²) in [6.45, 7) is 0. The van der Waals surface area contributed by atoms with Gasteiger partial charge in [-0.15, -0.1) is 0 Å². The summed E-state index contributed by atoms with van der Waals surface area (Å²) in [6.07, 6.45) is 2.34. The normalized spacial score (nSPS) is 29.2. The minimum absolute atomic E-state index is 0.0126. The number of rotatable bonds is 1. The van der Waals surface area contributed by atoms with Gasteiger partial charge in [0, 0.05) is 11.8 Å². The van der Waals surface area contributed by atoms with E-state index in [1.807, 2.05) is 0 Å². The smallest absolute Gasteiger partial charge is 0.153 e. The first-order valence-corrected chi connectivity index (χ1v) is 6.28. The molecule has 0 aromatic carbocycles. The van der Waals surface area contributed by atoms with Gasteiger partial charge < -0.3 is 5.11 Å². The molecule has 4 nitrogen and oxygen atoms in total. The van der Waals surface area contributed by atoms with Crippen LogP contribution in [0, 0.1) is 5.82 Å². The Kier molecular flexibility index (Phi) is 2.27. The topological polar surface area (TPSA) is 67.3 Å². The number of aliphatic hydroxyl groups is 1. The van der Waals surface area contributed by atoms with Gasteiger partial charge >= 0.3 is 0 Å². The van der Waals surface area contributed by atoms with Crippen LogP contribution in [-0.2, 0) is 15.4 Å². The average molecular weight is 231 g/mol. The molecule has 1 aliphatic rings. The first-order chi connectivity index (χ1) is 6.93. The van der Waals surface area contributed by atoms with E-state index >= 15 is 0 Å². The van der Waals surface area contributed by atoms with Crippen LogP contribution in [0.2, 0.25) is 0 Å². The molecule has 1 aliphatic heterocycles. The van der Waals surface area contributed by atoms with Crippen LogP contribution in [-0.4, -0.2) is 30.0 Å². The molecule has 15 heavy (non-hydrogen) atoms. The van der Waals surface area contributed by atoms with Gasteiger partial charge in [-0.1, -0.05) is 0 Å². The summed E-state index contributed by atoms with van der Waals surface area (Å²) in [7, 11) is -3.26. The Bertz CT molecular complexity index is 488. The van der Waals surface area contributed by atoms with Crippen LogP contribution in [0.1, 0.15) is 12.0 Å². The van der Waals surface area contributed by atoms with Gasteiger partial charge in [-0.25, -0.2) is 12.8 Å². The zero-order valence-electron chi connectivity index (χ0n) is 7.85. The van der Waals surface area contributed by atoms with Crippen molar-refractivity contribution in [1.82, 2.24) is 4.98 Å². The van der Waals surface area contributed by atoms with Crippen molar-refractivity contribution in [2.75, 3.05) is 11.5 Å². The Balaban J connectivity index is 2.44. The summed E-state index contributed by atoms with van der Waals surface area (Å²) in [5.74, 6) is -1.19. The zero-order valence-corrected chi connectivity index (χ0v) is 8.67. The van der Waals surface area contributed by atoms with Crippen molar-refractivity contribution in [2.45, 2.75) is 12.0 Å². The minimum atomic E-state index is -3.26. The maximum absolute atomic E-state index is 13.3. The Morgan fingerprint density at radius 2 is 2.27 bits per heavy atom. The van der Waals surface area contributed by atoms with Crippen molar-refractivity contribution in [1.29, 1.82) is 0 Å². The van der Waals surface area contributed by atoms with Crippen LogP contribution in [0.3, 0.4) is 0 Å². The molecule has 1 fully saturated rings. The lowest BCUT2D eigenvalue weighted by Gasteiger charge is -2.21. The van der Waals surface area contributed by atoms with E-state index in [9.17, 15) is 17.9 Å². The molecule has 1 atom stereocenters. The second-order valence-electron chi connectivity index (χ2n) is 3.73. The van der Waals surface area contributed by atoms with E-state index in [0.717, 1.165) is 6.20 Å². The summed E-state index contributed by atoms with van der Waals surface area (Å²) in [5, 5.41) is 10.0. The third-order valence-corrected chi connectivity index (χ3v) is 4.30. The van der Waals surface area contributed by atoms with Crippen molar-refractivity contribution in [3.63, 3.8) is 0 Å². The Hall–Kier alpha value is -1.01. The summed E-state index contributed by atoms with van der Waals surface area (Å²) in [6, 6.07) is 1.32. The highest BCUT2D eigenvalue weighted by molar-refractivity contribution is 7.91. The third-order valence-electron chi connectivity index (χ3n) is 2.56. The molecule has 0 spiro atoms. The molecule has 0 bridgehead atoms. The summed E-state index contributed by atoms with van der Waals surface area (Å²) < 4.78 is 35.8. The molecular formula is C9H10FNO3S. The van der Waals surface area contributed by atoms with Gasteiger partial charge in [0.15, 0.2) is 9.84 Å². The van der Waals surface area contributed by atoms with Crippen LogP contribution in [0.4, 0.5) is 4.39 Å². The molecule has 2 heterocycles. The molecule has 1 N–H and O–H groups in total. The monoisotopic (exact) mass is 231 g/mol. The molecule has 1 saturated heterocycles. The highest BCUT2D eigenvalue weighted by Crippen LogP contribution is 2.34. The van der Waals surface area contributed by atoms with Crippen molar-refractivity contribution >= 4 is 9.84 Å². The number of hydrogen-bond acceptors (Lipinski definition) is 4. The molecule has 1 aromatic heterocycles. The van der Waals surface area contributed by atoms with Crippen molar-refractivity contribution in [3.05, 3.63) is 29.8 Å². The third kappa shape index (κ3) is 1.87. The maximum atomic E-state index is 13.3. The fourth-order valence-electron chi connectivity index (χ4n) is 1.80. The van der Waals surface area contributed by atoms with Gasteiger partial charge in [0.1, 0.15) is 11.4 Å². The molecule has 2 rings (SSSR count). The van der Waals surface area contributed by atoms with E-state index in [4.69, 9.17) is 0 Å². The van der Waals surface area contributed by atoms with Gasteiger partial charge in [0.25, 0.3) is 0 Å². The largest absolute Gasteiger partial charge is 0.384 e. The number of hydrogen-bond donors (Lipinski definition) is 1.